The van der Waals surface area contributed by atoms with E-state index in [-0.39, 0.29) is 0 Å². The van der Waals surface area contributed by atoms with Crippen LogP contribution in [0.4, 0.5) is 5.69 Å². The summed E-state index contributed by atoms with van der Waals surface area (Å²) >= 11 is 0. The van der Waals surface area contributed by atoms with Crippen molar-refractivity contribution in [2.75, 3.05) is 85.1 Å². The van der Waals surface area contributed by atoms with E-state index in [1.165, 1.54) is 11.3 Å². The number of hydrogen-bond donors (Lipinski definition) is 1. The Balaban J connectivity index is 1.26. The van der Waals surface area contributed by atoms with Gasteiger partial charge in [-0.15, -0.1) is 0 Å². The lowest BCUT2D eigenvalue weighted by Crippen LogP contribution is -2.52. The smallest absolute Gasteiger partial charge is 0.161 e. The van der Waals surface area contributed by atoms with Crippen LogP contribution in [0, 0.1) is 0 Å². The van der Waals surface area contributed by atoms with Gasteiger partial charge in [-0.1, -0.05) is 24.3 Å². The summed E-state index contributed by atoms with van der Waals surface area (Å²) in [4.78, 5) is 9.30. The Morgan fingerprint density at radius 3 is 2.41 bits per heavy atom. The molecule has 0 bridgehead atoms. The highest BCUT2D eigenvalue weighted by molar-refractivity contribution is 5.46. The number of likely N-dealkylation sites (N-methyl/N-ethyl adjacent to an activating group) is 1. The number of anilines is 1. The lowest BCUT2D eigenvalue weighted by Gasteiger charge is -2.39. The van der Waals surface area contributed by atoms with Gasteiger partial charge in [0, 0.05) is 64.6 Å². The van der Waals surface area contributed by atoms with Crippen molar-refractivity contribution >= 4 is 5.69 Å². The maximum absolute atomic E-state index is 11.3. The summed E-state index contributed by atoms with van der Waals surface area (Å²) in [6, 6.07) is 16.8. The van der Waals surface area contributed by atoms with Crippen molar-refractivity contribution in [3.05, 3.63) is 54.1 Å². The Hall–Kier alpha value is -2.32. The van der Waals surface area contributed by atoms with Crippen molar-refractivity contribution in [3.63, 3.8) is 0 Å². The number of piperazine rings is 1. The van der Waals surface area contributed by atoms with Gasteiger partial charge in [-0.05, 0) is 50.3 Å². The Morgan fingerprint density at radius 2 is 1.71 bits per heavy atom. The van der Waals surface area contributed by atoms with E-state index in [0.717, 1.165) is 70.3 Å². The van der Waals surface area contributed by atoms with Crippen LogP contribution in [0.5, 0.6) is 11.5 Å². The maximum atomic E-state index is 11.3. The molecule has 34 heavy (non-hydrogen) atoms. The molecular formula is C27H40N4O3. The second-order valence-corrected chi connectivity index (χ2v) is 9.92. The normalized spacial score (nSPS) is 21.9. The van der Waals surface area contributed by atoms with E-state index in [1.807, 2.05) is 20.2 Å². The van der Waals surface area contributed by atoms with Crippen LogP contribution >= 0.6 is 0 Å². The molecule has 1 atom stereocenters. The molecule has 7 nitrogen and oxygen atoms in total. The number of nitrogens with zero attached hydrogens (tertiary/aromatic N) is 4. The summed E-state index contributed by atoms with van der Waals surface area (Å²) in [5.41, 5.74) is 1.82. The first-order valence-electron chi connectivity index (χ1n) is 12.4. The molecule has 0 spiro atoms. The molecule has 4 rings (SSSR count). The number of rotatable bonds is 10. The van der Waals surface area contributed by atoms with Crippen molar-refractivity contribution in [1.82, 2.24) is 14.7 Å². The van der Waals surface area contributed by atoms with Gasteiger partial charge in [0.1, 0.15) is 6.61 Å². The summed E-state index contributed by atoms with van der Waals surface area (Å²) in [7, 11) is 5.75. The quantitative estimate of drug-likeness (QED) is 0.575. The third-order valence-electron chi connectivity index (χ3n) is 6.85. The Kier molecular flexibility index (Phi) is 8.32. The van der Waals surface area contributed by atoms with Crippen LogP contribution in [-0.2, 0) is 6.54 Å². The van der Waals surface area contributed by atoms with Gasteiger partial charge in [0.25, 0.3) is 0 Å². The number of hydrogen-bond acceptors (Lipinski definition) is 7. The number of methoxy groups -OCH3 is 1. The monoisotopic (exact) mass is 468 g/mol. The predicted molar refractivity (Wildman–Crippen MR) is 137 cm³/mol. The Morgan fingerprint density at radius 1 is 0.941 bits per heavy atom. The van der Waals surface area contributed by atoms with E-state index in [1.54, 1.807) is 7.11 Å². The van der Waals surface area contributed by atoms with E-state index in [9.17, 15) is 5.11 Å². The molecule has 0 saturated carbocycles. The molecule has 2 aromatic carbocycles. The second-order valence-electron chi connectivity index (χ2n) is 9.92. The van der Waals surface area contributed by atoms with Gasteiger partial charge >= 0.3 is 0 Å². The third kappa shape index (κ3) is 6.63. The minimum absolute atomic E-state index is 0.626. The van der Waals surface area contributed by atoms with Crippen LogP contribution in [-0.4, -0.2) is 106 Å². The van der Waals surface area contributed by atoms with Crippen LogP contribution in [0.3, 0.4) is 0 Å². The highest BCUT2D eigenvalue weighted by Crippen LogP contribution is 2.30. The zero-order valence-corrected chi connectivity index (χ0v) is 20.9. The molecule has 7 heteroatoms. The zero-order chi connectivity index (χ0) is 24.0. The lowest BCUT2D eigenvalue weighted by molar-refractivity contribution is 0.00978. The van der Waals surface area contributed by atoms with Gasteiger partial charge in [0.15, 0.2) is 11.5 Å². The highest BCUT2D eigenvalue weighted by atomic mass is 16.5. The largest absolute Gasteiger partial charge is 0.493 e. The highest BCUT2D eigenvalue weighted by Gasteiger charge is 2.38. The minimum Gasteiger partial charge on any atom is -0.493 e. The number of ether oxygens (including phenoxy) is 2. The Labute approximate surface area is 204 Å². The first kappa shape index (κ1) is 24.8. The molecule has 2 aromatic rings. The van der Waals surface area contributed by atoms with Crippen LogP contribution in [0.1, 0.15) is 12.0 Å². The van der Waals surface area contributed by atoms with Crippen molar-refractivity contribution in [3.8, 4) is 11.5 Å². The molecule has 0 amide bonds. The zero-order valence-electron chi connectivity index (χ0n) is 20.9. The number of benzene rings is 2. The molecule has 2 heterocycles. The Bertz CT molecular complexity index is 902. The minimum atomic E-state index is -0.645. The molecule has 186 valence electrons. The first-order chi connectivity index (χ1) is 16.4. The summed E-state index contributed by atoms with van der Waals surface area (Å²) < 4.78 is 11.5. The van der Waals surface area contributed by atoms with Gasteiger partial charge in [0.05, 0.1) is 12.7 Å². The third-order valence-corrected chi connectivity index (χ3v) is 6.85. The van der Waals surface area contributed by atoms with Gasteiger partial charge < -0.3 is 24.4 Å². The average Bonchev–Trinajstić information content (AvgIpc) is 3.20. The topological polar surface area (TPSA) is 51.7 Å². The fraction of sp³-hybridized carbons (Fsp3) is 0.556. The van der Waals surface area contributed by atoms with Gasteiger partial charge in [-0.2, -0.15) is 0 Å². The molecular weight excluding hydrogens is 428 g/mol. The number of likely N-dealkylation sites (tertiary alicyclic amines) is 1. The van der Waals surface area contributed by atoms with E-state index in [0.29, 0.717) is 13.2 Å². The molecule has 1 N–H and O–H groups in total. The lowest BCUT2D eigenvalue weighted by atomic mass is 10.0. The fourth-order valence-electron chi connectivity index (χ4n) is 4.95. The van der Waals surface area contributed by atoms with Crippen LogP contribution < -0.4 is 14.4 Å². The van der Waals surface area contributed by atoms with Crippen LogP contribution in [0.2, 0.25) is 0 Å². The van der Waals surface area contributed by atoms with Gasteiger partial charge in [-0.3, -0.25) is 9.80 Å². The van der Waals surface area contributed by atoms with E-state index in [4.69, 9.17) is 9.47 Å². The summed E-state index contributed by atoms with van der Waals surface area (Å²) in [5.74, 6) is 1.54. The summed E-state index contributed by atoms with van der Waals surface area (Å²) in [6.45, 7) is 8.64. The predicted octanol–water partition coefficient (Wildman–Crippen LogP) is 2.39. The fourth-order valence-corrected chi connectivity index (χ4v) is 4.95. The molecule has 2 fully saturated rings. The van der Waals surface area contributed by atoms with Crippen molar-refractivity contribution < 1.29 is 14.6 Å². The van der Waals surface area contributed by atoms with Crippen LogP contribution in [0.15, 0.2) is 48.5 Å². The molecule has 1 unspecified atom stereocenters. The average molecular weight is 469 g/mol. The first-order valence-corrected chi connectivity index (χ1v) is 12.4. The number of β-amino-alcohol motifs (C(OH)–C–C–N with tert-alkyl or cyclic N) is 1. The van der Waals surface area contributed by atoms with Crippen molar-refractivity contribution in [2.24, 2.45) is 0 Å². The molecule has 2 aliphatic rings. The van der Waals surface area contributed by atoms with Crippen LogP contribution in [0.25, 0.3) is 0 Å². The molecule has 2 saturated heterocycles. The maximum Gasteiger partial charge on any atom is 0.161 e. The van der Waals surface area contributed by atoms with E-state index < -0.39 is 5.60 Å². The number of para-hydroxylation sites is 1. The molecule has 0 radical (unpaired) electrons. The summed E-state index contributed by atoms with van der Waals surface area (Å²) in [6.07, 6.45) is 0.814. The summed E-state index contributed by atoms with van der Waals surface area (Å²) in [5, 5.41) is 11.3. The number of aliphatic hydroxyl groups is 1. The van der Waals surface area contributed by atoms with Crippen molar-refractivity contribution in [1.29, 1.82) is 0 Å². The molecule has 2 aliphatic heterocycles. The van der Waals surface area contributed by atoms with E-state index >= 15 is 0 Å². The molecule has 0 aromatic heterocycles. The van der Waals surface area contributed by atoms with E-state index in [2.05, 4.69) is 62.1 Å². The standard InChI is InChI=1S/C27H40N4O3/c1-28(2)17-18-34-25-10-9-23(19-26(25)33-3)20-30-12-11-27(32,22-30)21-29-13-15-31(16-14-29)24-7-5-4-6-8-24/h4-10,19,32H,11-18,20-22H2,1-3H3. The molecule has 0 aliphatic carbocycles. The SMILES string of the molecule is COc1cc(CN2CCC(O)(CN3CCN(c4ccccc4)CC3)C2)ccc1OCCN(C)C. The van der Waals surface area contributed by atoms with Crippen molar-refractivity contribution in [2.45, 2.75) is 18.6 Å². The van der Waals surface area contributed by atoms with Gasteiger partial charge in [-0.25, -0.2) is 0 Å². The van der Waals surface area contributed by atoms with Gasteiger partial charge in [0.2, 0.25) is 0 Å². The second kappa shape index (κ2) is 11.4.